The minimum Gasteiger partial charge on any atom is -0.497 e. The van der Waals surface area contributed by atoms with Gasteiger partial charge in [-0.25, -0.2) is 9.78 Å². The Kier molecular flexibility index (Phi) is 5.58. The summed E-state index contributed by atoms with van der Waals surface area (Å²) in [7, 11) is 2.96. The number of aromatic nitrogens is 2. The fraction of sp³-hybridized carbons (Fsp3) is 0.211. The van der Waals surface area contributed by atoms with Gasteiger partial charge in [0.05, 0.1) is 36.4 Å². The smallest absolute Gasteiger partial charge is 0.337 e. The number of aromatic amines is 1. The van der Waals surface area contributed by atoms with Crippen molar-refractivity contribution in [1.82, 2.24) is 9.97 Å². The predicted octanol–water partition coefficient (Wildman–Crippen LogP) is 3.15. The lowest BCUT2D eigenvalue weighted by molar-refractivity contribution is 0.0601. The lowest BCUT2D eigenvalue weighted by Crippen LogP contribution is -2.12. The minimum atomic E-state index is -0.456. The van der Waals surface area contributed by atoms with Crippen LogP contribution < -0.4 is 10.3 Å². The molecular formula is C19H18N2O4S. The van der Waals surface area contributed by atoms with E-state index in [0.717, 1.165) is 17.1 Å². The number of carbonyl (C=O) groups is 1. The monoisotopic (exact) mass is 370 g/mol. The second kappa shape index (κ2) is 8.05. The van der Waals surface area contributed by atoms with Gasteiger partial charge in [0.2, 0.25) is 0 Å². The van der Waals surface area contributed by atoms with E-state index < -0.39 is 5.97 Å². The zero-order valence-corrected chi connectivity index (χ0v) is 15.3. The van der Waals surface area contributed by atoms with Crippen LogP contribution in [-0.2, 0) is 16.2 Å². The van der Waals surface area contributed by atoms with E-state index >= 15 is 0 Å². The van der Waals surface area contributed by atoms with Crippen LogP contribution in [0.1, 0.15) is 21.7 Å². The number of benzene rings is 2. The van der Waals surface area contributed by atoms with E-state index in [9.17, 15) is 9.59 Å². The Bertz CT molecular complexity index is 1000. The van der Waals surface area contributed by atoms with Crippen LogP contribution >= 0.6 is 11.8 Å². The molecule has 3 aromatic rings. The van der Waals surface area contributed by atoms with Gasteiger partial charge in [-0.2, -0.15) is 0 Å². The third-order valence-electron chi connectivity index (χ3n) is 3.82. The highest BCUT2D eigenvalue weighted by Gasteiger charge is 2.10. The fourth-order valence-corrected chi connectivity index (χ4v) is 3.38. The first-order valence-electron chi connectivity index (χ1n) is 7.92. The van der Waals surface area contributed by atoms with Gasteiger partial charge < -0.3 is 14.5 Å². The molecule has 6 nitrogen and oxygen atoms in total. The number of hydrogen-bond donors (Lipinski definition) is 1. The summed E-state index contributed by atoms with van der Waals surface area (Å²) >= 11 is 1.63. The van der Waals surface area contributed by atoms with Crippen molar-refractivity contribution in [3.05, 3.63) is 69.8 Å². The number of H-pyrrole nitrogens is 1. The molecule has 0 radical (unpaired) electrons. The molecule has 0 aliphatic rings. The lowest BCUT2D eigenvalue weighted by Gasteiger charge is -2.06. The highest BCUT2D eigenvalue weighted by molar-refractivity contribution is 7.97. The average molecular weight is 370 g/mol. The molecule has 134 valence electrons. The standard InChI is InChI=1S/C19H18N2O4S/c1-24-14-5-3-4-12(8-14)10-26-11-17-20-16-9-13(19(23)25-2)6-7-15(16)18(22)21-17/h3-9H,10-11H2,1-2H3,(H,20,21,22). The van der Waals surface area contributed by atoms with Crippen molar-refractivity contribution in [3.63, 3.8) is 0 Å². The van der Waals surface area contributed by atoms with E-state index in [1.54, 1.807) is 37.1 Å². The van der Waals surface area contributed by atoms with E-state index in [1.165, 1.54) is 7.11 Å². The summed E-state index contributed by atoms with van der Waals surface area (Å²) < 4.78 is 9.93. The Labute approximate surface area is 154 Å². The van der Waals surface area contributed by atoms with Gasteiger partial charge in [0, 0.05) is 5.75 Å². The molecule has 26 heavy (non-hydrogen) atoms. The third kappa shape index (κ3) is 4.05. The molecule has 3 rings (SSSR count). The largest absolute Gasteiger partial charge is 0.497 e. The van der Waals surface area contributed by atoms with Gasteiger partial charge in [-0.05, 0) is 35.9 Å². The molecule has 0 unspecified atom stereocenters. The number of rotatable bonds is 6. The molecule has 1 heterocycles. The molecular weight excluding hydrogens is 352 g/mol. The highest BCUT2D eigenvalue weighted by Crippen LogP contribution is 2.20. The zero-order valence-electron chi connectivity index (χ0n) is 14.4. The summed E-state index contributed by atoms with van der Waals surface area (Å²) in [5, 5.41) is 0.444. The summed E-state index contributed by atoms with van der Waals surface area (Å²) in [6, 6.07) is 12.6. The highest BCUT2D eigenvalue weighted by atomic mass is 32.2. The van der Waals surface area contributed by atoms with Crippen LogP contribution in [0.15, 0.2) is 47.3 Å². The molecule has 0 saturated heterocycles. The number of nitrogens with zero attached hydrogens (tertiary/aromatic N) is 1. The number of fused-ring (bicyclic) bond motifs is 1. The molecule has 0 aliphatic heterocycles. The van der Waals surface area contributed by atoms with Crippen LogP contribution in [0, 0.1) is 0 Å². The first kappa shape index (κ1) is 18.0. The van der Waals surface area contributed by atoms with Crippen LogP contribution in [0.4, 0.5) is 0 Å². The van der Waals surface area contributed by atoms with E-state index in [0.29, 0.717) is 28.0 Å². The van der Waals surface area contributed by atoms with Gasteiger partial charge in [0.15, 0.2) is 0 Å². The van der Waals surface area contributed by atoms with Crippen molar-refractivity contribution < 1.29 is 14.3 Å². The summed E-state index contributed by atoms with van der Waals surface area (Å²) in [6.45, 7) is 0. The van der Waals surface area contributed by atoms with Crippen molar-refractivity contribution in [2.45, 2.75) is 11.5 Å². The molecule has 0 aliphatic carbocycles. The molecule has 1 aromatic heterocycles. The summed E-state index contributed by atoms with van der Waals surface area (Å²) in [4.78, 5) is 31.2. The van der Waals surface area contributed by atoms with Gasteiger partial charge >= 0.3 is 5.97 Å². The minimum absolute atomic E-state index is 0.219. The maximum absolute atomic E-state index is 12.2. The van der Waals surface area contributed by atoms with Crippen LogP contribution in [0.25, 0.3) is 10.9 Å². The number of nitrogens with one attached hydrogen (secondary N) is 1. The summed E-state index contributed by atoms with van der Waals surface area (Å²) in [6.07, 6.45) is 0. The quantitative estimate of drug-likeness (QED) is 0.671. The van der Waals surface area contributed by atoms with Crippen LogP contribution in [0.2, 0.25) is 0 Å². The number of ether oxygens (including phenoxy) is 2. The topological polar surface area (TPSA) is 81.3 Å². The number of carbonyl (C=O) groups excluding carboxylic acids is 1. The Hall–Kier alpha value is -2.80. The number of hydrogen-bond acceptors (Lipinski definition) is 6. The Morgan fingerprint density at radius 2 is 2.00 bits per heavy atom. The maximum Gasteiger partial charge on any atom is 0.337 e. The van der Waals surface area contributed by atoms with Crippen LogP contribution in [0.3, 0.4) is 0 Å². The first-order chi connectivity index (χ1) is 12.6. The summed E-state index contributed by atoms with van der Waals surface area (Å²) in [5.74, 6) is 2.24. The molecule has 0 saturated carbocycles. The molecule has 0 atom stereocenters. The van der Waals surface area contributed by atoms with Crippen molar-refractivity contribution in [2.24, 2.45) is 0 Å². The first-order valence-corrected chi connectivity index (χ1v) is 9.08. The van der Waals surface area contributed by atoms with Crippen molar-refractivity contribution in [1.29, 1.82) is 0 Å². The number of methoxy groups -OCH3 is 2. The van der Waals surface area contributed by atoms with Gasteiger partial charge in [0.25, 0.3) is 5.56 Å². The summed E-state index contributed by atoms with van der Waals surface area (Å²) in [5.41, 5.74) is 1.76. The van der Waals surface area contributed by atoms with E-state index in [4.69, 9.17) is 9.47 Å². The fourth-order valence-electron chi connectivity index (χ4n) is 2.53. The molecule has 0 amide bonds. The lowest BCUT2D eigenvalue weighted by atomic mass is 10.1. The normalized spacial score (nSPS) is 10.7. The van der Waals surface area contributed by atoms with Crippen molar-refractivity contribution in [2.75, 3.05) is 14.2 Å². The Morgan fingerprint density at radius 1 is 1.15 bits per heavy atom. The zero-order chi connectivity index (χ0) is 18.5. The number of esters is 1. The molecule has 2 aromatic carbocycles. The molecule has 0 fully saturated rings. The van der Waals surface area contributed by atoms with E-state index in [2.05, 4.69) is 9.97 Å². The maximum atomic E-state index is 12.2. The van der Waals surface area contributed by atoms with E-state index in [1.807, 2.05) is 24.3 Å². The van der Waals surface area contributed by atoms with E-state index in [-0.39, 0.29) is 5.56 Å². The van der Waals surface area contributed by atoms with Crippen molar-refractivity contribution in [3.8, 4) is 5.75 Å². The van der Waals surface area contributed by atoms with Gasteiger partial charge in [-0.15, -0.1) is 11.8 Å². The number of thioether (sulfide) groups is 1. The molecule has 0 spiro atoms. The SMILES string of the molecule is COC(=O)c1ccc2c(=O)[nH]c(CSCc3cccc(OC)c3)nc2c1. The Morgan fingerprint density at radius 3 is 2.77 bits per heavy atom. The van der Waals surface area contributed by atoms with Crippen LogP contribution in [-0.4, -0.2) is 30.2 Å². The van der Waals surface area contributed by atoms with Gasteiger partial charge in [-0.3, -0.25) is 4.79 Å². The second-order valence-corrected chi connectivity index (χ2v) is 6.57. The van der Waals surface area contributed by atoms with Gasteiger partial charge in [-0.1, -0.05) is 12.1 Å². The Balaban J connectivity index is 1.77. The van der Waals surface area contributed by atoms with Gasteiger partial charge in [0.1, 0.15) is 11.6 Å². The molecule has 7 heteroatoms. The second-order valence-electron chi connectivity index (χ2n) is 5.58. The van der Waals surface area contributed by atoms with Crippen molar-refractivity contribution >= 4 is 28.6 Å². The average Bonchev–Trinajstić information content (AvgIpc) is 2.67. The van der Waals surface area contributed by atoms with Crippen LogP contribution in [0.5, 0.6) is 5.75 Å². The molecule has 1 N–H and O–H groups in total. The third-order valence-corrected chi connectivity index (χ3v) is 4.83. The molecule has 0 bridgehead atoms. The predicted molar refractivity (Wildman–Crippen MR) is 102 cm³/mol.